The van der Waals surface area contributed by atoms with Crippen LogP contribution in [0.3, 0.4) is 0 Å². The normalized spacial score (nSPS) is 19.0. The first kappa shape index (κ1) is 31.5. The van der Waals surface area contributed by atoms with E-state index >= 15 is 0 Å². The molecule has 0 aromatic heterocycles. The molecule has 41 heavy (non-hydrogen) atoms. The van der Waals surface area contributed by atoms with Crippen LogP contribution in [0.1, 0.15) is 77.1 Å². The maximum absolute atomic E-state index is 11.7. The van der Waals surface area contributed by atoms with Gasteiger partial charge in [0.1, 0.15) is 0 Å². The fraction of sp³-hybridized carbons (Fsp3) is 0.394. The molecule has 0 spiro atoms. The molecule has 5 nitrogen and oxygen atoms in total. The van der Waals surface area contributed by atoms with Gasteiger partial charge in [0.15, 0.2) is 0 Å². The summed E-state index contributed by atoms with van der Waals surface area (Å²) in [5.74, 6) is 0.534. The molecule has 4 rings (SSSR count). The summed E-state index contributed by atoms with van der Waals surface area (Å²) < 4.78 is 8.96. The summed E-state index contributed by atoms with van der Waals surface area (Å²) >= 11 is -3.96. The van der Waals surface area contributed by atoms with Gasteiger partial charge in [-0.15, -0.1) is 0 Å². The van der Waals surface area contributed by atoms with E-state index < -0.39 is 22.2 Å². The third-order valence-electron chi connectivity index (χ3n) is 7.65. The van der Waals surface area contributed by atoms with Crippen LogP contribution in [0.25, 0.3) is 0 Å². The molecule has 1 unspecified atom stereocenters. The van der Waals surface area contributed by atoms with Crippen LogP contribution in [0.4, 0.5) is 11.4 Å². The van der Waals surface area contributed by atoms with E-state index in [-0.39, 0.29) is 17.3 Å². The van der Waals surface area contributed by atoms with Crippen LogP contribution in [0.2, 0.25) is 0 Å². The Bertz CT molecular complexity index is 1550. The molecule has 226 valence electrons. The molecular formula is C33H40Cl2N2O3Ru-4. The van der Waals surface area contributed by atoms with Crippen LogP contribution in [-0.2, 0) is 30.1 Å². The van der Waals surface area contributed by atoms with Gasteiger partial charge in [-0.05, 0) is 0 Å². The van der Waals surface area contributed by atoms with E-state index in [0.29, 0.717) is 11.3 Å². The molecule has 1 saturated heterocycles. The van der Waals surface area contributed by atoms with Gasteiger partial charge in [-0.2, -0.15) is 0 Å². The van der Waals surface area contributed by atoms with Gasteiger partial charge >= 0.3 is 256 Å². The predicted octanol–water partition coefficient (Wildman–Crippen LogP) is 8.90. The molecule has 1 aliphatic heterocycles. The van der Waals surface area contributed by atoms with Gasteiger partial charge in [0, 0.05) is 0 Å². The molecule has 3 aromatic carbocycles. The summed E-state index contributed by atoms with van der Waals surface area (Å²) in [6, 6.07) is 21.6. The third kappa shape index (κ3) is 6.21. The zero-order valence-corrected chi connectivity index (χ0v) is 28.1. The number of benzene rings is 3. The number of nitro groups is 1. The number of non-ortho nitro benzene ring substituents is 1. The summed E-state index contributed by atoms with van der Waals surface area (Å²) in [7, 11) is 15.4. The van der Waals surface area contributed by atoms with Gasteiger partial charge in [-0.3, -0.25) is 0 Å². The molecule has 1 aliphatic rings. The molecule has 0 aliphatic carbocycles. The van der Waals surface area contributed by atoms with Gasteiger partial charge in [0.05, 0.1) is 0 Å². The third-order valence-corrected chi connectivity index (χ3v) is 13.7. The summed E-state index contributed by atoms with van der Waals surface area (Å²) in [6.45, 7) is 15.0. The molecule has 8 heteroatoms. The van der Waals surface area contributed by atoms with Gasteiger partial charge in [0.2, 0.25) is 0 Å². The van der Waals surface area contributed by atoms with Gasteiger partial charge < -0.3 is 0 Å². The number of nitrogens with zero attached hydrogens (tertiary/aromatic N) is 2. The molecule has 0 amide bonds. The quantitative estimate of drug-likeness (QED) is 0.135. The van der Waals surface area contributed by atoms with Crippen molar-refractivity contribution >= 4 is 39.6 Å². The molecule has 0 N–H and O–H groups in total. The monoisotopic (exact) mass is 684 g/mol. The molecule has 0 radical (unpaired) electrons. The van der Waals surface area contributed by atoms with Crippen molar-refractivity contribution in [1.82, 2.24) is 0 Å². The number of ether oxygens (including phenoxy) is 1. The SMILES string of the molecule is CCc1cccc(CC)c1N1[C](=[Ru-4]([Cl])([Cl])=[CH]c2cc([N+](=O)[O-])ccc2OC(C)C)C(C)(c2ccccc2)CC1(C)C. The summed E-state index contributed by atoms with van der Waals surface area (Å²) in [5, 5.41) is 11.7. The number of rotatable bonds is 8. The average Bonchev–Trinajstić information content (AvgIpc) is 3.15. The van der Waals surface area contributed by atoms with Gasteiger partial charge in [-0.1, -0.05) is 0 Å². The second kappa shape index (κ2) is 12.1. The minimum atomic E-state index is -3.96. The van der Waals surface area contributed by atoms with E-state index in [9.17, 15) is 10.1 Å². The number of para-hydroxylation sites is 1. The van der Waals surface area contributed by atoms with Crippen molar-refractivity contribution in [2.45, 2.75) is 84.8 Å². The van der Waals surface area contributed by atoms with Crippen molar-refractivity contribution in [1.29, 1.82) is 0 Å². The second-order valence-electron chi connectivity index (χ2n) is 11.6. The molecule has 0 saturated carbocycles. The maximum atomic E-state index is 11.7. The first-order valence-corrected chi connectivity index (χ1v) is 20.4. The number of hydrogen-bond donors (Lipinski definition) is 0. The Labute approximate surface area is 254 Å². The number of halogens is 2. The fourth-order valence-corrected chi connectivity index (χ4v) is 13.8. The molecule has 3 aromatic rings. The number of hydrogen-bond acceptors (Lipinski definition) is 4. The second-order valence-corrected chi connectivity index (χ2v) is 20.9. The Balaban J connectivity index is 2.18. The van der Waals surface area contributed by atoms with Gasteiger partial charge in [-0.25, -0.2) is 0 Å². The van der Waals surface area contributed by atoms with E-state index in [1.165, 1.54) is 28.9 Å². The van der Waals surface area contributed by atoms with Crippen LogP contribution in [0.5, 0.6) is 5.75 Å². The van der Waals surface area contributed by atoms with E-state index in [4.69, 9.17) is 24.1 Å². The average molecular weight is 685 g/mol. The first-order chi connectivity index (χ1) is 19.2. The van der Waals surface area contributed by atoms with E-state index in [1.807, 2.05) is 24.5 Å². The Morgan fingerprint density at radius 1 is 1.00 bits per heavy atom. The van der Waals surface area contributed by atoms with E-state index in [1.54, 1.807) is 6.07 Å². The molecule has 1 atom stereocenters. The van der Waals surface area contributed by atoms with Crippen LogP contribution >= 0.6 is 19.4 Å². The minimum absolute atomic E-state index is 0.0279. The topological polar surface area (TPSA) is 55.6 Å². The van der Waals surface area contributed by atoms with Crippen molar-refractivity contribution in [3.05, 3.63) is 99.1 Å². The number of nitro benzene ring substituents is 1. The van der Waals surface area contributed by atoms with E-state index in [2.05, 4.69) is 82.0 Å². The molecule has 0 bridgehead atoms. The molecular weight excluding hydrogens is 644 g/mol. The Hall–Kier alpha value is -2.40. The number of aryl methyl sites for hydroxylation is 2. The zero-order valence-electron chi connectivity index (χ0n) is 24.9. The fourth-order valence-electron chi connectivity index (χ4n) is 6.09. The summed E-state index contributed by atoms with van der Waals surface area (Å²) in [4.78, 5) is 13.8. The molecule has 1 fully saturated rings. The Morgan fingerprint density at radius 2 is 1.61 bits per heavy atom. The van der Waals surface area contributed by atoms with Gasteiger partial charge in [0.25, 0.3) is 0 Å². The van der Waals surface area contributed by atoms with Crippen molar-refractivity contribution in [3.63, 3.8) is 0 Å². The van der Waals surface area contributed by atoms with Crippen LogP contribution in [-0.4, -0.2) is 25.4 Å². The zero-order chi connectivity index (χ0) is 30.2. The van der Waals surface area contributed by atoms with Crippen molar-refractivity contribution in [2.75, 3.05) is 4.90 Å². The Morgan fingerprint density at radius 3 is 2.15 bits per heavy atom. The van der Waals surface area contributed by atoms with Crippen LogP contribution in [0.15, 0.2) is 66.7 Å². The standard InChI is InChI=1S/C23H29N.C10H11NO3.2ClH.Ru/c1-6-18-12-11-13-19(7-2)21(18)24-17-23(5,16-22(24,3)4)20-14-9-8-10-15-20;1-7(2)14-10-5-4-9(11(12)13)6-8(10)3;;;/h8-15H,6-7,16H2,1-5H3;3-7H,1-2H3;2*1H;/q;;;;-2/p-2. The Kier molecular flexibility index (Phi) is 9.29. The molecule has 1 heterocycles. The van der Waals surface area contributed by atoms with Crippen molar-refractivity contribution < 1.29 is 21.6 Å². The van der Waals surface area contributed by atoms with Crippen LogP contribution in [0, 0.1) is 10.1 Å². The summed E-state index contributed by atoms with van der Waals surface area (Å²) in [5.41, 5.74) is 4.56. The number of anilines is 1. The van der Waals surface area contributed by atoms with Crippen molar-refractivity contribution in [2.24, 2.45) is 0 Å². The van der Waals surface area contributed by atoms with E-state index in [0.717, 1.165) is 29.1 Å². The first-order valence-electron chi connectivity index (χ1n) is 14.0. The van der Waals surface area contributed by atoms with Crippen LogP contribution < -0.4 is 9.64 Å². The summed E-state index contributed by atoms with van der Waals surface area (Å²) in [6.07, 6.45) is 2.42. The predicted molar refractivity (Wildman–Crippen MR) is 171 cm³/mol. The van der Waals surface area contributed by atoms with Crippen molar-refractivity contribution in [3.8, 4) is 5.75 Å².